The van der Waals surface area contributed by atoms with Gasteiger partial charge in [-0.2, -0.15) is 0 Å². The van der Waals surface area contributed by atoms with Gasteiger partial charge in [-0.05, 0) is 36.2 Å². The van der Waals surface area contributed by atoms with Gasteiger partial charge in [-0.25, -0.2) is 0 Å². The van der Waals surface area contributed by atoms with E-state index in [4.69, 9.17) is 22.1 Å². The van der Waals surface area contributed by atoms with Crippen molar-refractivity contribution in [3.63, 3.8) is 0 Å². The van der Waals surface area contributed by atoms with Gasteiger partial charge < -0.3 is 10.5 Å². The molecule has 1 aliphatic heterocycles. The fourth-order valence-corrected chi connectivity index (χ4v) is 2.43. The maximum Gasteiger partial charge on any atom is 0.149 e. The average Bonchev–Trinajstić information content (AvgIpc) is 2.54. The van der Waals surface area contributed by atoms with Gasteiger partial charge in [-0.1, -0.05) is 17.7 Å². The van der Waals surface area contributed by atoms with Crippen LogP contribution in [0.2, 0.25) is 5.02 Å². The van der Waals surface area contributed by atoms with E-state index in [1.165, 1.54) is 0 Å². The van der Waals surface area contributed by atoms with E-state index in [-0.39, 0.29) is 5.92 Å². The Bertz CT molecular complexity index is 586. The van der Waals surface area contributed by atoms with Gasteiger partial charge in [0, 0.05) is 23.7 Å². The van der Waals surface area contributed by atoms with Gasteiger partial charge in [0.1, 0.15) is 11.5 Å². The van der Waals surface area contributed by atoms with E-state index in [9.17, 15) is 0 Å². The molecule has 0 saturated carbocycles. The number of aromatic nitrogens is 1. The van der Waals surface area contributed by atoms with Crippen LogP contribution in [0.25, 0.3) is 0 Å². The van der Waals surface area contributed by atoms with E-state index in [0.29, 0.717) is 11.6 Å². The smallest absolute Gasteiger partial charge is 0.149 e. The minimum Gasteiger partial charge on any atom is -0.455 e. The van der Waals surface area contributed by atoms with Crippen LogP contribution in [0.1, 0.15) is 17.2 Å². The van der Waals surface area contributed by atoms with E-state index in [2.05, 4.69) is 4.98 Å². The predicted molar refractivity (Wildman–Crippen MR) is 71.3 cm³/mol. The zero-order valence-corrected chi connectivity index (χ0v) is 10.5. The number of halogens is 1. The highest BCUT2D eigenvalue weighted by Gasteiger charge is 2.23. The molecule has 4 heteroatoms. The number of hydrogen-bond donors (Lipinski definition) is 1. The summed E-state index contributed by atoms with van der Waals surface area (Å²) in [5.41, 5.74) is 7.89. The van der Waals surface area contributed by atoms with Crippen LogP contribution in [-0.2, 0) is 6.42 Å². The van der Waals surface area contributed by atoms with Crippen molar-refractivity contribution >= 4 is 11.6 Å². The van der Waals surface area contributed by atoms with Gasteiger partial charge in [0.05, 0.1) is 5.69 Å². The lowest BCUT2D eigenvalue weighted by Gasteiger charge is -2.12. The summed E-state index contributed by atoms with van der Waals surface area (Å²) >= 11 is 6.01. The summed E-state index contributed by atoms with van der Waals surface area (Å²) in [4.78, 5) is 4.40. The number of nitrogens with two attached hydrogens (primary N) is 1. The lowest BCUT2D eigenvalue weighted by molar-refractivity contribution is 0.474. The predicted octanol–water partition coefficient (Wildman–Crippen LogP) is 3.13. The third-order valence-electron chi connectivity index (χ3n) is 3.19. The van der Waals surface area contributed by atoms with Crippen molar-refractivity contribution in [2.45, 2.75) is 12.3 Å². The number of pyridine rings is 1. The van der Waals surface area contributed by atoms with Gasteiger partial charge in [0.15, 0.2) is 0 Å². The number of hydrogen-bond acceptors (Lipinski definition) is 3. The van der Waals surface area contributed by atoms with Crippen molar-refractivity contribution in [1.82, 2.24) is 4.98 Å². The van der Waals surface area contributed by atoms with Gasteiger partial charge >= 0.3 is 0 Å². The summed E-state index contributed by atoms with van der Waals surface area (Å²) in [6.45, 7) is 0.551. The monoisotopic (exact) mass is 260 g/mol. The molecule has 3 nitrogen and oxygen atoms in total. The zero-order valence-electron chi connectivity index (χ0n) is 9.77. The van der Waals surface area contributed by atoms with Crippen LogP contribution >= 0.6 is 11.6 Å². The molecule has 0 aliphatic carbocycles. The molecule has 1 atom stereocenters. The molecule has 0 bridgehead atoms. The number of benzene rings is 1. The molecule has 2 aromatic rings. The maximum atomic E-state index is 6.01. The van der Waals surface area contributed by atoms with Gasteiger partial charge in [-0.3, -0.25) is 4.98 Å². The van der Waals surface area contributed by atoms with Crippen LogP contribution in [0.5, 0.6) is 11.5 Å². The van der Waals surface area contributed by atoms with Crippen LogP contribution in [0.4, 0.5) is 0 Å². The lowest BCUT2D eigenvalue weighted by atomic mass is 9.96. The van der Waals surface area contributed by atoms with Crippen LogP contribution in [0.15, 0.2) is 36.5 Å². The first-order chi connectivity index (χ1) is 8.78. The number of rotatable bonds is 1. The molecule has 0 radical (unpaired) electrons. The minimum absolute atomic E-state index is 0.184. The van der Waals surface area contributed by atoms with Crippen LogP contribution < -0.4 is 10.5 Å². The van der Waals surface area contributed by atoms with E-state index in [0.717, 1.165) is 29.2 Å². The second-order valence-corrected chi connectivity index (χ2v) is 4.81. The molecule has 0 amide bonds. The average molecular weight is 261 g/mol. The molecular weight excluding hydrogens is 248 g/mol. The Morgan fingerprint density at radius 1 is 1.33 bits per heavy atom. The van der Waals surface area contributed by atoms with E-state index >= 15 is 0 Å². The Hall–Kier alpha value is -1.58. The van der Waals surface area contributed by atoms with Crippen molar-refractivity contribution < 1.29 is 4.74 Å². The molecule has 2 N–H and O–H groups in total. The third kappa shape index (κ3) is 1.96. The van der Waals surface area contributed by atoms with Gasteiger partial charge in [0.2, 0.25) is 0 Å². The molecule has 18 heavy (non-hydrogen) atoms. The first-order valence-corrected chi connectivity index (χ1v) is 6.27. The van der Waals surface area contributed by atoms with E-state index in [1.54, 1.807) is 6.20 Å². The van der Waals surface area contributed by atoms with Gasteiger partial charge in [0.25, 0.3) is 0 Å². The summed E-state index contributed by atoms with van der Waals surface area (Å²) in [7, 11) is 0. The van der Waals surface area contributed by atoms with Gasteiger partial charge in [-0.15, -0.1) is 0 Å². The normalized spacial score (nSPS) is 17.3. The molecule has 0 fully saturated rings. The maximum absolute atomic E-state index is 6.01. The van der Waals surface area contributed by atoms with Crippen molar-refractivity contribution in [2.24, 2.45) is 5.73 Å². The lowest BCUT2D eigenvalue weighted by Crippen LogP contribution is -2.15. The summed E-state index contributed by atoms with van der Waals surface area (Å²) in [6, 6.07) is 9.49. The Labute approximate surface area is 111 Å². The zero-order chi connectivity index (χ0) is 12.5. The number of ether oxygens (including phenoxy) is 1. The molecule has 92 valence electrons. The fraction of sp³-hybridized carbons (Fsp3) is 0.214. The van der Waals surface area contributed by atoms with Crippen molar-refractivity contribution in [3.05, 3.63) is 52.8 Å². The largest absolute Gasteiger partial charge is 0.455 e. The highest BCUT2D eigenvalue weighted by Crippen LogP contribution is 2.38. The molecule has 1 aromatic carbocycles. The minimum atomic E-state index is 0.184. The van der Waals surface area contributed by atoms with Crippen molar-refractivity contribution in [2.75, 3.05) is 6.54 Å². The van der Waals surface area contributed by atoms with E-state index < -0.39 is 0 Å². The molecule has 3 rings (SSSR count). The standard InChI is InChI=1S/C14H13ClN2O/c15-11-4-3-9-6-10(8-16)14-12(2-1-5-17-14)18-13(9)7-11/h1-5,7,10H,6,8,16H2/t10-/m0/s1. The summed E-state index contributed by atoms with van der Waals surface area (Å²) in [6.07, 6.45) is 2.60. The summed E-state index contributed by atoms with van der Waals surface area (Å²) < 4.78 is 5.91. The highest BCUT2D eigenvalue weighted by atomic mass is 35.5. The molecule has 2 heterocycles. The van der Waals surface area contributed by atoms with Crippen LogP contribution in [0.3, 0.4) is 0 Å². The molecule has 1 aromatic heterocycles. The Kier molecular flexibility index (Phi) is 2.94. The number of nitrogens with zero attached hydrogens (tertiary/aromatic N) is 1. The first-order valence-electron chi connectivity index (χ1n) is 5.89. The summed E-state index contributed by atoms with van der Waals surface area (Å²) in [5, 5.41) is 0.672. The molecular formula is C14H13ClN2O. The molecule has 0 saturated heterocycles. The van der Waals surface area contributed by atoms with Crippen LogP contribution in [-0.4, -0.2) is 11.5 Å². The third-order valence-corrected chi connectivity index (χ3v) is 3.42. The second kappa shape index (κ2) is 4.59. The van der Waals surface area contributed by atoms with Crippen LogP contribution in [0, 0.1) is 0 Å². The van der Waals surface area contributed by atoms with E-state index in [1.807, 2.05) is 30.3 Å². The molecule has 0 unspecified atom stereocenters. The highest BCUT2D eigenvalue weighted by molar-refractivity contribution is 6.30. The Balaban J connectivity index is 2.13. The second-order valence-electron chi connectivity index (χ2n) is 4.38. The Morgan fingerprint density at radius 2 is 2.22 bits per heavy atom. The molecule has 1 aliphatic rings. The SMILES string of the molecule is NC[C@@H]1Cc2ccc(Cl)cc2Oc2cccnc21. The molecule has 0 spiro atoms. The quantitative estimate of drug-likeness (QED) is 0.857. The first kappa shape index (κ1) is 11.5. The Morgan fingerprint density at radius 3 is 3.06 bits per heavy atom. The van der Waals surface area contributed by atoms with Crippen molar-refractivity contribution in [1.29, 1.82) is 0 Å². The topological polar surface area (TPSA) is 48.1 Å². The number of fused-ring (bicyclic) bond motifs is 2. The fourth-order valence-electron chi connectivity index (χ4n) is 2.26. The van der Waals surface area contributed by atoms with Crippen molar-refractivity contribution in [3.8, 4) is 11.5 Å². The summed E-state index contributed by atoms with van der Waals surface area (Å²) in [5.74, 6) is 1.75.